The SMILES string of the molecule is Cc1ncsc1-c1ccc(CNC(=O)[C@@H]2C[C@H](O)CN2C(=O)[C@@H](NC(=O)CCOCCOCCN2CCN(c3ccc(C#Cc4ccc(C5CCN(C6=Nn7c(nnc7C(F)(F)F)CC6)CC5)cc4)cn3)CC2)C(C)(C)C)cc1. The summed E-state index contributed by atoms with van der Waals surface area (Å²) < 4.78 is 52.7. The molecule has 0 bridgehead atoms. The van der Waals surface area contributed by atoms with E-state index in [2.05, 4.69) is 69.6 Å². The van der Waals surface area contributed by atoms with Crippen molar-refractivity contribution >= 4 is 40.7 Å². The van der Waals surface area contributed by atoms with Crippen molar-refractivity contribution in [3.63, 3.8) is 0 Å². The highest BCUT2D eigenvalue weighted by molar-refractivity contribution is 7.13. The predicted octanol–water partition coefficient (Wildman–Crippen LogP) is 5.87. The maximum Gasteiger partial charge on any atom is 0.453 e. The van der Waals surface area contributed by atoms with Crippen molar-refractivity contribution in [1.82, 2.24) is 50.2 Å². The van der Waals surface area contributed by atoms with Crippen LogP contribution in [-0.2, 0) is 43.0 Å². The summed E-state index contributed by atoms with van der Waals surface area (Å²) in [6.07, 6.45) is -0.859. The van der Waals surface area contributed by atoms with Gasteiger partial charge >= 0.3 is 6.18 Å². The number of nitrogens with one attached hydrogen (secondary N) is 2. The number of hydrogen-bond acceptors (Lipinski definition) is 15. The van der Waals surface area contributed by atoms with Crippen LogP contribution in [0.15, 0.2) is 77.5 Å². The van der Waals surface area contributed by atoms with Crippen molar-refractivity contribution in [3.8, 4) is 22.3 Å². The summed E-state index contributed by atoms with van der Waals surface area (Å²) in [7, 11) is 0. The number of piperidine rings is 1. The number of pyridine rings is 1. The number of aryl methyl sites for hydroxylation is 2. The average molecular weight is 1110 g/mol. The van der Waals surface area contributed by atoms with Gasteiger partial charge in [-0.05, 0) is 72.1 Å². The molecule has 9 rings (SSSR count). The van der Waals surface area contributed by atoms with Crippen LogP contribution in [0, 0.1) is 24.2 Å². The number of β-amino-alcohol motifs (C(OH)–C–C–N with tert-alkyl or cyclic N) is 1. The standard InChI is InChI=1S/C57H69F3N12O6S/c1-38-51(79-37-63-38)44-14-9-41(10-15-44)35-62-53(75)46-33-45(73)36-71(46)54(76)52(56(2,3)4)64-50(74)21-29-77-31-32-78-30-28-68-24-26-70(27-25-68)47-16-11-40(34-61-47)6-5-39-7-12-42(13-8-39)43-19-22-69(23-20-43)49-18-17-48-65-66-55(57(58,59)60)72(48)67-49/h7-16,34,37,43,45-46,52,73H,17-33,35-36H2,1-4H3,(H,62,75)(H,64,74)/t45-,46-,52+/m0/s1. The summed E-state index contributed by atoms with van der Waals surface area (Å²) >= 11 is 1.57. The number of anilines is 1. The molecule has 0 radical (unpaired) electrons. The lowest BCUT2D eigenvalue weighted by molar-refractivity contribution is -0.147. The summed E-state index contributed by atoms with van der Waals surface area (Å²) in [5, 5.41) is 27.7. The molecule has 420 valence electrons. The maximum atomic E-state index is 14.0. The van der Waals surface area contributed by atoms with Crippen molar-refractivity contribution in [2.75, 3.05) is 83.7 Å². The first kappa shape index (κ1) is 56.9. The van der Waals surface area contributed by atoms with E-state index in [0.29, 0.717) is 57.5 Å². The van der Waals surface area contributed by atoms with Crippen molar-refractivity contribution in [2.24, 2.45) is 10.5 Å². The fourth-order valence-electron chi connectivity index (χ4n) is 10.4. The average Bonchev–Trinajstić information content (AvgIpc) is 4.37. The van der Waals surface area contributed by atoms with Crippen LogP contribution in [-0.4, -0.2) is 165 Å². The Bertz CT molecular complexity index is 2970. The van der Waals surface area contributed by atoms with Gasteiger partial charge in [-0.1, -0.05) is 69.0 Å². The van der Waals surface area contributed by atoms with Gasteiger partial charge in [0.1, 0.15) is 23.7 Å². The van der Waals surface area contributed by atoms with E-state index in [1.54, 1.807) is 11.3 Å². The normalized spacial score (nSPS) is 18.6. The lowest BCUT2D eigenvalue weighted by Crippen LogP contribution is -2.57. The van der Waals surface area contributed by atoms with Crippen LogP contribution in [0.3, 0.4) is 0 Å². The largest absolute Gasteiger partial charge is 0.453 e. The monoisotopic (exact) mass is 1110 g/mol. The minimum absolute atomic E-state index is 0.00360. The number of ether oxygens (including phenoxy) is 2. The van der Waals surface area contributed by atoms with E-state index in [0.717, 1.165) is 88.9 Å². The number of nitrogens with zero attached hydrogens (tertiary/aromatic N) is 10. The van der Waals surface area contributed by atoms with E-state index < -0.39 is 41.5 Å². The second kappa shape index (κ2) is 25.6. The lowest BCUT2D eigenvalue weighted by Gasteiger charge is -2.35. The maximum absolute atomic E-state index is 14.0. The first-order chi connectivity index (χ1) is 38.0. The van der Waals surface area contributed by atoms with E-state index in [-0.39, 0.29) is 50.2 Å². The van der Waals surface area contributed by atoms with Gasteiger partial charge in [0.05, 0.1) is 48.6 Å². The van der Waals surface area contributed by atoms with Crippen LogP contribution in [0.5, 0.6) is 0 Å². The molecule has 3 saturated heterocycles. The Kier molecular flexibility index (Phi) is 18.4. The summed E-state index contributed by atoms with van der Waals surface area (Å²) in [4.78, 5) is 58.8. The van der Waals surface area contributed by atoms with Gasteiger partial charge in [-0.2, -0.15) is 22.9 Å². The number of fused-ring (bicyclic) bond motifs is 1. The lowest BCUT2D eigenvalue weighted by atomic mass is 9.85. The van der Waals surface area contributed by atoms with Crippen LogP contribution < -0.4 is 15.5 Å². The molecule has 0 spiro atoms. The number of alkyl halides is 3. The van der Waals surface area contributed by atoms with E-state index >= 15 is 0 Å². The minimum atomic E-state index is -4.61. The number of piperazine rings is 1. The quantitative estimate of drug-likeness (QED) is 0.0741. The number of benzene rings is 2. The molecule has 3 atom stereocenters. The second-order valence-electron chi connectivity index (χ2n) is 21.6. The first-order valence-electron chi connectivity index (χ1n) is 27.1. The third kappa shape index (κ3) is 14.7. The van der Waals surface area contributed by atoms with Gasteiger partial charge in [-0.15, -0.1) is 21.5 Å². The Balaban J connectivity index is 0.628. The number of aliphatic hydroxyl groups excluding tert-OH is 1. The first-order valence-corrected chi connectivity index (χ1v) is 27.9. The molecule has 79 heavy (non-hydrogen) atoms. The van der Waals surface area contributed by atoms with Crippen molar-refractivity contribution in [2.45, 2.75) is 103 Å². The van der Waals surface area contributed by atoms with Crippen molar-refractivity contribution < 1.29 is 42.1 Å². The fraction of sp³-hybridized carbons (Fsp3) is 0.509. The van der Waals surface area contributed by atoms with Gasteiger partial charge in [0.15, 0.2) is 5.82 Å². The number of carbonyl (C=O) groups excluding carboxylic acids is 3. The number of carbonyl (C=O) groups is 3. The van der Waals surface area contributed by atoms with Gasteiger partial charge in [0.25, 0.3) is 5.82 Å². The number of amidine groups is 1. The Morgan fingerprint density at radius 2 is 1.54 bits per heavy atom. The Hall–Kier alpha value is -6.77. The number of aliphatic hydroxyl groups is 1. The molecule has 4 aliphatic heterocycles. The van der Waals surface area contributed by atoms with E-state index in [1.165, 1.54) is 10.5 Å². The molecule has 22 heteroatoms. The second-order valence-corrected chi connectivity index (χ2v) is 22.4. The van der Waals surface area contributed by atoms with Gasteiger partial charge in [-0.25, -0.2) is 9.97 Å². The number of amides is 3. The zero-order valence-electron chi connectivity index (χ0n) is 45.2. The molecule has 7 heterocycles. The zero-order chi connectivity index (χ0) is 55.7. The number of likely N-dealkylation sites (tertiary alicyclic amines) is 2. The molecule has 3 N–H and O–H groups in total. The Labute approximate surface area is 462 Å². The topological polar surface area (TPSA) is 196 Å². The number of aromatic nitrogens is 5. The highest BCUT2D eigenvalue weighted by Gasteiger charge is 2.45. The highest BCUT2D eigenvalue weighted by atomic mass is 32.1. The number of hydrogen-bond donors (Lipinski definition) is 3. The zero-order valence-corrected chi connectivity index (χ0v) is 46.0. The summed E-state index contributed by atoms with van der Waals surface area (Å²) in [5.41, 5.74) is 7.00. The third-order valence-electron chi connectivity index (χ3n) is 14.9. The minimum Gasteiger partial charge on any atom is -0.391 e. The van der Waals surface area contributed by atoms with Crippen molar-refractivity contribution in [1.29, 1.82) is 0 Å². The number of halogens is 3. The third-order valence-corrected chi connectivity index (χ3v) is 15.9. The molecular weight excluding hydrogens is 1040 g/mol. The van der Waals surface area contributed by atoms with Crippen LogP contribution in [0.1, 0.15) is 98.4 Å². The molecule has 3 fully saturated rings. The van der Waals surface area contributed by atoms with E-state index in [4.69, 9.17) is 14.5 Å². The summed E-state index contributed by atoms with van der Waals surface area (Å²) in [6, 6.07) is 18.4. The predicted molar refractivity (Wildman–Crippen MR) is 293 cm³/mol. The molecular formula is C57H69F3N12O6S. The number of thiazole rings is 1. The Morgan fingerprint density at radius 1 is 0.835 bits per heavy atom. The summed E-state index contributed by atoms with van der Waals surface area (Å²) in [5.74, 6) is 6.42. The molecule has 0 aliphatic carbocycles. The van der Waals surface area contributed by atoms with Crippen LogP contribution in [0.4, 0.5) is 19.0 Å². The van der Waals surface area contributed by atoms with Crippen LogP contribution >= 0.6 is 11.3 Å². The molecule has 0 saturated carbocycles. The van der Waals surface area contributed by atoms with Gasteiger partial charge < -0.3 is 39.9 Å². The molecule has 5 aromatic rings. The molecule has 3 aromatic heterocycles. The number of rotatable bonds is 17. The van der Waals surface area contributed by atoms with Gasteiger partial charge in [0, 0.05) is 102 Å². The molecule has 4 aliphatic rings. The van der Waals surface area contributed by atoms with E-state index in [1.807, 2.05) is 87.9 Å². The van der Waals surface area contributed by atoms with Crippen molar-refractivity contribution in [3.05, 3.63) is 112 Å². The molecule has 0 unspecified atom stereocenters. The molecule has 2 aromatic carbocycles. The Morgan fingerprint density at radius 3 is 2.22 bits per heavy atom. The highest BCUT2D eigenvalue weighted by Crippen LogP contribution is 2.33. The molecule has 3 amide bonds. The van der Waals surface area contributed by atoms with Gasteiger partial charge in [0.2, 0.25) is 17.7 Å². The van der Waals surface area contributed by atoms with Crippen LogP contribution in [0.2, 0.25) is 0 Å². The van der Waals surface area contributed by atoms with Gasteiger partial charge in [-0.3, -0.25) is 19.3 Å². The van der Waals surface area contributed by atoms with E-state index in [9.17, 15) is 32.7 Å². The smallest absolute Gasteiger partial charge is 0.391 e. The molecule has 18 nitrogen and oxygen atoms in total. The fourth-order valence-corrected chi connectivity index (χ4v) is 11.2. The van der Waals surface area contributed by atoms with Crippen LogP contribution in [0.25, 0.3) is 10.4 Å². The summed E-state index contributed by atoms with van der Waals surface area (Å²) in [6.45, 7) is 14.8.